The van der Waals surface area contributed by atoms with Crippen molar-refractivity contribution in [3.8, 4) is 0 Å². The van der Waals surface area contributed by atoms with Crippen LogP contribution in [-0.2, 0) is 16.8 Å². The Morgan fingerprint density at radius 3 is 1.29 bits per heavy atom. The zero-order chi connectivity index (χ0) is 15.1. The van der Waals surface area contributed by atoms with Gasteiger partial charge in [0.1, 0.15) is 0 Å². The molecule has 2 N–H and O–H groups in total. The average molecular weight is 372 g/mol. The van der Waals surface area contributed by atoms with Crippen LogP contribution < -0.4 is 0 Å². The summed E-state index contributed by atoms with van der Waals surface area (Å²) < 4.78 is 0. The Morgan fingerprint density at radius 2 is 1.10 bits per heavy atom. The summed E-state index contributed by atoms with van der Waals surface area (Å²) in [6.45, 7) is 0. The van der Waals surface area contributed by atoms with Crippen LogP contribution in [0.5, 0.6) is 0 Å². The number of aromatic carboxylic acids is 2. The van der Waals surface area contributed by atoms with Crippen molar-refractivity contribution in [3.05, 3.63) is 69.7 Å². The van der Waals surface area contributed by atoms with Crippen LogP contribution in [0.15, 0.2) is 48.5 Å². The van der Waals surface area contributed by atoms with Crippen LogP contribution in [0.2, 0.25) is 10.0 Å². The number of hydrogen-bond acceptors (Lipinski definition) is 2. The molecule has 4 nitrogen and oxygen atoms in total. The molecule has 0 saturated carbocycles. The SMILES string of the molecule is O=C(O)c1cccc(Cl)c1.O=C(O)c1cccc(Cl)c1.[Co]. The van der Waals surface area contributed by atoms with Crippen LogP contribution in [0.25, 0.3) is 0 Å². The van der Waals surface area contributed by atoms with Gasteiger partial charge < -0.3 is 10.2 Å². The summed E-state index contributed by atoms with van der Waals surface area (Å²) >= 11 is 11.1. The molecule has 0 aliphatic heterocycles. The Bertz CT molecular complexity index is 576. The van der Waals surface area contributed by atoms with Crippen molar-refractivity contribution in [2.75, 3.05) is 0 Å². The first-order valence-corrected chi connectivity index (χ1v) is 6.13. The first-order chi connectivity index (χ1) is 9.40. The number of benzene rings is 2. The molecule has 0 spiro atoms. The van der Waals surface area contributed by atoms with Gasteiger partial charge in [0.05, 0.1) is 11.1 Å². The number of halogens is 2. The maximum atomic E-state index is 10.3. The fourth-order valence-corrected chi connectivity index (χ4v) is 1.62. The first kappa shape index (κ1) is 19.5. The van der Waals surface area contributed by atoms with E-state index in [1.54, 1.807) is 24.3 Å². The number of hydrogen-bond donors (Lipinski definition) is 2. The Hall–Kier alpha value is -1.53. The van der Waals surface area contributed by atoms with Crippen LogP contribution >= 0.6 is 23.2 Å². The van der Waals surface area contributed by atoms with E-state index in [0.29, 0.717) is 10.0 Å². The van der Waals surface area contributed by atoms with Crippen molar-refractivity contribution in [2.24, 2.45) is 0 Å². The molecule has 0 aliphatic carbocycles. The molecular weight excluding hydrogens is 362 g/mol. The number of carboxylic acid groups (broad SMARTS) is 2. The van der Waals surface area contributed by atoms with E-state index >= 15 is 0 Å². The van der Waals surface area contributed by atoms with E-state index < -0.39 is 11.9 Å². The van der Waals surface area contributed by atoms with Gasteiger partial charge in [0.25, 0.3) is 0 Å². The zero-order valence-electron chi connectivity index (χ0n) is 10.4. The van der Waals surface area contributed by atoms with Gasteiger partial charge in [0, 0.05) is 26.8 Å². The van der Waals surface area contributed by atoms with Crippen molar-refractivity contribution < 1.29 is 36.6 Å². The van der Waals surface area contributed by atoms with Crippen molar-refractivity contribution >= 4 is 35.1 Å². The molecule has 21 heavy (non-hydrogen) atoms. The second kappa shape index (κ2) is 9.41. The predicted octanol–water partition coefficient (Wildman–Crippen LogP) is 4.07. The quantitative estimate of drug-likeness (QED) is 0.834. The van der Waals surface area contributed by atoms with E-state index in [0.717, 1.165) is 0 Å². The summed E-state index contributed by atoms with van der Waals surface area (Å²) in [5.74, 6) is -1.91. The molecule has 0 bridgehead atoms. The number of carbonyl (C=O) groups is 2. The van der Waals surface area contributed by atoms with Gasteiger partial charge in [-0.3, -0.25) is 0 Å². The van der Waals surface area contributed by atoms with Crippen molar-refractivity contribution in [3.63, 3.8) is 0 Å². The third-order valence-electron chi connectivity index (χ3n) is 2.14. The molecule has 0 aliphatic rings. The predicted molar refractivity (Wildman–Crippen MR) is 76.8 cm³/mol. The topological polar surface area (TPSA) is 74.6 Å². The zero-order valence-corrected chi connectivity index (χ0v) is 13.0. The summed E-state index contributed by atoms with van der Waals surface area (Å²) in [5.41, 5.74) is 0.431. The molecule has 0 atom stereocenters. The van der Waals surface area contributed by atoms with Gasteiger partial charge >= 0.3 is 11.9 Å². The van der Waals surface area contributed by atoms with E-state index in [1.807, 2.05) is 0 Å². The van der Waals surface area contributed by atoms with Crippen LogP contribution in [0, 0.1) is 0 Å². The minimum atomic E-state index is -0.956. The van der Waals surface area contributed by atoms with E-state index in [1.165, 1.54) is 24.3 Å². The third kappa shape index (κ3) is 7.15. The van der Waals surface area contributed by atoms with Crippen LogP contribution in [-0.4, -0.2) is 22.2 Å². The van der Waals surface area contributed by atoms with E-state index in [-0.39, 0.29) is 27.9 Å². The second-order valence-electron chi connectivity index (χ2n) is 3.63. The van der Waals surface area contributed by atoms with Crippen LogP contribution in [0.1, 0.15) is 20.7 Å². The Kier molecular flexibility index (Phi) is 8.72. The van der Waals surface area contributed by atoms with Crippen molar-refractivity contribution in [2.45, 2.75) is 0 Å². The minimum absolute atomic E-state index is 0. The van der Waals surface area contributed by atoms with Gasteiger partial charge in [-0.05, 0) is 36.4 Å². The van der Waals surface area contributed by atoms with Gasteiger partial charge in [-0.2, -0.15) is 0 Å². The molecule has 2 aromatic carbocycles. The van der Waals surface area contributed by atoms with Gasteiger partial charge in [-0.15, -0.1) is 0 Å². The third-order valence-corrected chi connectivity index (χ3v) is 2.61. The molecule has 0 saturated heterocycles. The van der Waals surface area contributed by atoms with Crippen molar-refractivity contribution in [1.29, 1.82) is 0 Å². The second-order valence-corrected chi connectivity index (χ2v) is 4.50. The fraction of sp³-hybridized carbons (Fsp3) is 0. The smallest absolute Gasteiger partial charge is 0.335 e. The fourth-order valence-electron chi connectivity index (χ4n) is 1.24. The summed E-state index contributed by atoms with van der Waals surface area (Å²) in [7, 11) is 0. The first-order valence-electron chi connectivity index (χ1n) is 5.38. The molecule has 2 rings (SSSR count). The van der Waals surface area contributed by atoms with E-state index in [2.05, 4.69) is 0 Å². The minimum Gasteiger partial charge on any atom is -0.478 e. The molecule has 1 radical (unpaired) electrons. The molecule has 0 fully saturated rings. The molecule has 2 aromatic rings. The van der Waals surface area contributed by atoms with Gasteiger partial charge in [0.2, 0.25) is 0 Å². The summed E-state index contributed by atoms with van der Waals surface area (Å²) in [5, 5.41) is 17.8. The average Bonchev–Trinajstić information content (AvgIpc) is 2.39. The van der Waals surface area contributed by atoms with Gasteiger partial charge in [0.15, 0.2) is 0 Å². The molecule has 0 aromatic heterocycles. The summed E-state index contributed by atoms with van der Waals surface area (Å²) in [4.78, 5) is 20.6. The van der Waals surface area contributed by atoms with Gasteiger partial charge in [-0.1, -0.05) is 35.3 Å². The normalized spacial score (nSPS) is 8.86. The monoisotopic (exact) mass is 371 g/mol. The van der Waals surface area contributed by atoms with Crippen molar-refractivity contribution in [1.82, 2.24) is 0 Å². The maximum Gasteiger partial charge on any atom is 0.335 e. The van der Waals surface area contributed by atoms with Crippen LogP contribution in [0.4, 0.5) is 0 Å². The Morgan fingerprint density at radius 1 is 0.762 bits per heavy atom. The number of rotatable bonds is 2. The van der Waals surface area contributed by atoms with Crippen LogP contribution in [0.3, 0.4) is 0 Å². The van der Waals surface area contributed by atoms with E-state index in [9.17, 15) is 9.59 Å². The van der Waals surface area contributed by atoms with Gasteiger partial charge in [-0.25, -0.2) is 9.59 Å². The molecular formula is C14H10Cl2CoO4. The molecule has 0 heterocycles. The Labute approximate surface area is 141 Å². The molecule has 113 valence electrons. The Balaban J connectivity index is 0.000000364. The molecule has 0 amide bonds. The number of carboxylic acids is 2. The van der Waals surface area contributed by atoms with E-state index in [4.69, 9.17) is 33.4 Å². The standard InChI is InChI=1S/2C7H5ClO2.Co/c2*8-6-3-1-2-5(4-6)7(9)10;/h2*1-4H,(H,9,10);. The molecule has 0 unspecified atom stereocenters. The maximum absolute atomic E-state index is 10.3. The summed E-state index contributed by atoms with van der Waals surface area (Å²) in [6, 6.07) is 12.3. The summed E-state index contributed by atoms with van der Waals surface area (Å²) in [6.07, 6.45) is 0. The largest absolute Gasteiger partial charge is 0.478 e. The molecule has 7 heteroatoms.